The van der Waals surface area contributed by atoms with Crippen molar-refractivity contribution >= 4 is 16.8 Å². The Bertz CT molecular complexity index is 584. The summed E-state index contributed by atoms with van der Waals surface area (Å²) in [7, 11) is 0. The van der Waals surface area contributed by atoms with Crippen molar-refractivity contribution in [2.24, 2.45) is 5.41 Å². The van der Waals surface area contributed by atoms with Crippen LogP contribution in [0.5, 0.6) is 0 Å². The zero-order valence-electron chi connectivity index (χ0n) is 10.1. The largest absolute Gasteiger partial charge is 0.396 e. The molecule has 1 aliphatic rings. The molecule has 18 heavy (non-hydrogen) atoms. The van der Waals surface area contributed by atoms with Gasteiger partial charge in [0.2, 0.25) is 0 Å². The third-order valence-corrected chi connectivity index (χ3v) is 3.75. The molecule has 4 heteroatoms. The van der Waals surface area contributed by atoms with Gasteiger partial charge in [-0.05, 0) is 18.9 Å². The van der Waals surface area contributed by atoms with Gasteiger partial charge >= 0.3 is 0 Å². The summed E-state index contributed by atoms with van der Waals surface area (Å²) < 4.78 is 0. The zero-order chi connectivity index (χ0) is 12.6. The van der Waals surface area contributed by atoms with Crippen LogP contribution in [0.4, 0.5) is 0 Å². The number of benzene rings is 1. The molecule has 1 aromatic heterocycles. The van der Waals surface area contributed by atoms with E-state index in [0.717, 1.165) is 23.7 Å². The highest BCUT2D eigenvalue weighted by molar-refractivity contribution is 6.06. The summed E-state index contributed by atoms with van der Waals surface area (Å²) in [4.78, 5) is 15.2. The molecule has 0 unspecified atom stereocenters. The summed E-state index contributed by atoms with van der Waals surface area (Å²) in [5.74, 6) is -0.0767. The van der Waals surface area contributed by atoms with Crippen LogP contribution in [0.1, 0.15) is 23.2 Å². The van der Waals surface area contributed by atoms with Crippen LogP contribution < -0.4 is 5.32 Å². The van der Waals surface area contributed by atoms with E-state index in [9.17, 15) is 9.90 Å². The van der Waals surface area contributed by atoms with Crippen LogP contribution in [-0.2, 0) is 0 Å². The normalized spacial score (nSPS) is 16.7. The molecule has 1 fully saturated rings. The third-order valence-electron chi connectivity index (χ3n) is 3.75. The molecular formula is C14H16N2O2. The van der Waals surface area contributed by atoms with Crippen LogP contribution in [0.2, 0.25) is 0 Å². The second kappa shape index (κ2) is 4.14. The van der Waals surface area contributed by atoms with E-state index in [1.807, 2.05) is 24.3 Å². The number of aliphatic hydroxyl groups is 1. The van der Waals surface area contributed by atoms with E-state index >= 15 is 0 Å². The highest BCUT2D eigenvalue weighted by Crippen LogP contribution is 2.44. The summed E-state index contributed by atoms with van der Waals surface area (Å²) >= 11 is 0. The van der Waals surface area contributed by atoms with E-state index in [-0.39, 0.29) is 17.9 Å². The highest BCUT2D eigenvalue weighted by atomic mass is 16.3. The summed E-state index contributed by atoms with van der Waals surface area (Å²) in [5, 5.41) is 13.1. The first-order valence-electron chi connectivity index (χ1n) is 6.19. The number of amides is 1. The number of carbonyl (C=O) groups excluding carboxylic acids is 1. The van der Waals surface area contributed by atoms with Gasteiger partial charge in [-0.15, -0.1) is 0 Å². The van der Waals surface area contributed by atoms with Gasteiger partial charge in [-0.3, -0.25) is 4.79 Å². The van der Waals surface area contributed by atoms with E-state index < -0.39 is 0 Å². The van der Waals surface area contributed by atoms with E-state index in [4.69, 9.17) is 0 Å². The molecule has 3 N–H and O–H groups in total. The number of para-hydroxylation sites is 1. The zero-order valence-corrected chi connectivity index (χ0v) is 10.1. The molecule has 1 amide bonds. The van der Waals surface area contributed by atoms with Gasteiger partial charge in [-0.25, -0.2) is 0 Å². The van der Waals surface area contributed by atoms with Crippen molar-refractivity contribution in [1.82, 2.24) is 10.3 Å². The molecule has 4 nitrogen and oxygen atoms in total. The van der Waals surface area contributed by atoms with Crippen molar-refractivity contribution < 1.29 is 9.90 Å². The fourth-order valence-electron chi connectivity index (χ4n) is 2.19. The lowest BCUT2D eigenvalue weighted by Gasteiger charge is -2.12. The molecule has 1 aliphatic carbocycles. The lowest BCUT2D eigenvalue weighted by molar-refractivity contribution is 0.0937. The van der Waals surface area contributed by atoms with Gasteiger partial charge in [0.25, 0.3) is 5.91 Å². The summed E-state index contributed by atoms with van der Waals surface area (Å²) in [6, 6.07) is 7.73. The Hall–Kier alpha value is -1.81. The minimum atomic E-state index is -0.0767. The number of rotatable bonds is 4. The SMILES string of the molecule is O=C(NCC1(CO)CC1)c1c[nH]c2ccccc12. The topological polar surface area (TPSA) is 65.1 Å². The average molecular weight is 244 g/mol. The molecule has 2 aromatic rings. The number of hydrogen-bond acceptors (Lipinski definition) is 2. The fourth-order valence-corrected chi connectivity index (χ4v) is 2.19. The number of aliphatic hydroxyl groups excluding tert-OH is 1. The minimum absolute atomic E-state index is 0.0538. The van der Waals surface area contributed by atoms with Gasteiger partial charge in [0.1, 0.15) is 0 Å². The van der Waals surface area contributed by atoms with E-state index in [2.05, 4.69) is 10.3 Å². The second-order valence-electron chi connectivity index (χ2n) is 5.09. The smallest absolute Gasteiger partial charge is 0.253 e. The molecule has 0 atom stereocenters. The van der Waals surface area contributed by atoms with Gasteiger partial charge in [-0.1, -0.05) is 18.2 Å². The molecule has 94 valence electrons. The first-order chi connectivity index (χ1) is 8.74. The Morgan fingerprint density at radius 2 is 2.17 bits per heavy atom. The van der Waals surface area contributed by atoms with Crippen molar-refractivity contribution in [3.05, 3.63) is 36.0 Å². The van der Waals surface area contributed by atoms with Crippen LogP contribution in [0, 0.1) is 5.41 Å². The van der Waals surface area contributed by atoms with Crippen molar-refractivity contribution in [2.45, 2.75) is 12.8 Å². The molecule has 1 heterocycles. The Morgan fingerprint density at radius 3 is 2.89 bits per heavy atom. The molecule has 0 aliphatic heterocycles. The standard InChI is InChI=1S/C14H16N2O2/c17-9-14(5-6-14)8-16-13(18)11-7-15-12-4-2-1-3-10(11)12/h1-4,7,15,17H,5-6,8-9H2,(H,16,18). The maximum Gasteiger partial charge on any atom is 0.253 e. The first-order valence-corrected chi connectivity index (χ1v) is 6.19. The second-order valence-corrected chi connectivity index (χ2v) is 5.09. The predicted octanol–water partition coefficient (Wildman–Crippen LogP) is 1.67. The monoisotopic (exact) mass is 244 g/mol. The number of H-pyrrole nitrogens is 1. The van der Waals surface area contributed by atoms with Crippen LogP contribution in [0.25, 0.3) is 10.9 Å². The molecule has 3 rings (SSSR count). The van der Waals surface area contributed by atoms with Gasteiger partial charge in [0.05, 0.1) is 12.2 Å². The Labute approximate surface area is 105 Å². The number of fused-ring (bicyclic) bond motifs is 1. The van der Waals surface area contributed by atoms with E-state index in [1.54, 1.807) is 6.20 Å². The van der Waals surface area contributed by atoms with Gasteiger partial charge < -0.3 is 15.4 Å². The van der Waals surface area contributed by atoms with Crippen molar-refractivity contribution in [2.75, 3.05) is 13.2 Å². The molecule has 1 saturated carbocycles. The Morgan fingerprint density at radius 1 is 1.39 bits per heavy atom. The first kappa shape index (κ1) is 11.3. The minimum Gasteiger partial charge on any atom is -0.396 e. The van der Waals surface area contributed by atoms with Crippen LogP contribution in [-0.4, -0.2) is 29.1 Å². The summed E-state index contributed by atoms with van der Waals surface area (Å²) in [5.41, 5.74) is 1.58. The lowest BCUT2D eigenvalue weighted by atomic mass is 10.1. The summed E-state index contributed by atoms with van der Waals surface area (Å²) in [6.07, 6.45) is 3.73. The quantitative estimate of drug-likeness (QED) is 0.766. The number of nitrogens with one attached hydrogen (secondary N) is 2. The van der Waals surface area contributed by atoms with Crippen LogP contribution in [0.15, 0.2) is 30.5 Å². The third kappa shape index (κ3) is 1.88. The summed E-state index contributed by atoms with van der Waals surface area (Å²) in [6.45, 7) is 0.711. The molecule has 1 aromatic carbocycles. The van der Waals surface area contributed by atoms with Crippen molar-refractivity contribution in [3.8, 4) is 0 Å². The van der Waals surface area contributed by atoms with Gasteiger partial charge in [0, 0.05) is 29.1 Å². The molecule has 0 radical (unpaired) electrons. The molecular weight excluding hydrogens is 228 g/mol. The lowest BCUT2D eigenvalue weighted by Crippen LogP contribution is -2.31. The Kier molecular flexibility index (Phi) is 2.59. The molecule has 0 spiro atoms. The number of aromatic nitrogens is 1. The predicted molar refractivity (Wildman–Crippen MR) is 69.4 cm³/mol. The fraction of sp³-hybridized carbons (Fsp3) is 0.357. The number of hydrogen-bond donors (Lipinski definition) is 3. The Balaban J connectivity index is 1.76. The van der Waals surface area contributed by atoms with Crippen LogP contribution >= 0.6 is 0 Å². The number of aromatic amines is 1. The van der Waals surface area contributed by atoms with Crippen LogP contribution in [0.3, 0.4) is 0 Å². The van der Waals surface area contributed by atoms with Crippen molar-refractivity contribution in [1.29, 1.82) is 0 Å². The average Bonchev–Trinajstić information content (AvgIpc) is 3.07. The maximum absolute atomic E-state index is 12.1. The van der Waals surface area contributed by atoms with Gasteiger partial charge in [-0.2, -0.15) is 0 Å². The molecule has 0 saturated heterocycles. The van der Waals surface area contributed by atoms with Crippen molar-refractivity contribution in [3.63, 3.8) is 0 Å². The highest BCUT2D eigenvalue weighted by Gasteiger charge is 2.42. The van der Waals surface area contributed by atoms with Gasteiger partial charge in [0.15, 0.2) is 0 Å². The van der Waals surface area contributed by atoms with E-state index in [1.165, 1.54) is 0 Å². The number of carbonyl (C=O) groups is 1. The molecule has 0 bridgehead atoms. The maximum atomic E-state index is 12.1. The van der Waals surface area contributed by atoms with E-state index in [0.29, 0.717) is 12.1 Å².